The molecule has 0 amide bonds. The molecular weight excluding hydrogens is 641 g/mol. The zero-order valence-electron chi connectivity index (χ0n) is 23.5. The van der Waals surface area contributed by atoms with Gasteiger partial charge in [0.25, 0.3) is 16.4 Å². The van der Waals surface area contributed by atoms with Gasteiger partial charge >= 0.3 is 6.18 Å². The Labute approximate surface area is 258 Å². The molecule has 0 radical (unpaired) electrons. The highest BCUT2D eigenvalue weighted by molar-refractivity contribution is 7.90. The fraction of sp³-hybridized carbons (Fsp3) is 0.444. The monoisotopic (exact) mass is 669 g/mol. The van der Waals surface area contributed by atoms with Crippen LogP contribution in [0.25, 0.3) is 22.6 Å². The highest BCUT2D eigenvalue weighted by Crippen LogP contribution is 2.38. The molecule has 2 fully saturated rings. The molecular formula is C27H28F5N9O2S2. The van der Waals surface area contributed by atoms with Gasteiger partial charge in [-0.05, 0) is 44.6 Å². The molecule has 0 unspecified atom stereocenters. The fourth-order valence-electron chi connectivity index (χ4n) is 5.07. The summed E-state index contributed by atoms with van der Waals surface area (Å²) in [5, 5.41) is 13.2. The summed E-state index contributed by atoms with van der Waals surface area (Å²) in [5.41, 5.74) is 1.38. The van der Waals surface area contributed by atoms with Crippen LogP contribution in [-0.2, 0) is 16.2 Å². The third-order valence-corrected chi connectivity index (χ3v) is 10.4. The van der Waals surface area contributed by atoms with Crippen molar-refractivity contribution in [3.05, 3.63) is 47.3 Å². The first-order valence-corrected chi connectivity index (χ1v) is 16.5. The lowest BCUT2D eigenvalue weighted by Gasteiger charge is -2.31. The zero-order chi connectivity index (χ0) is 31.8. The minimum absolute atomic E-state index is 0.0352. The molecule has 0 aliphatic heterocycles. The van der Waals surface area contributed by atoms with Crippen LogP contribution in [0.15, 0.2) is 42.3 Å². The molecule has 2 aliphatic rings. The van der Waals surface area contributed by atoms with Gasteiger partial charge in [-0.2, -0.15) is 22.4 Å². The van der Waals surface area contributed by atoms with Crippen molar-refractivity contribution in [3.63, 3.8) is 0 Å². The van der Waals surface area contributed by atoms with Crippen molar-refractivity contribution < 1.29 is 30.4 Å². The highest BCUT2D eigenvalue weighted by Gasteiger charge is 2.38. The average molecular weight is 670 g/mol. The van der Waals surface area contributed by atoms with Gasteiger partial charge in [0.15, 0.2) is 10.8 Å². The lowest BCUT2D eigenvalue weighted by atomic mass is 9.91. The number of hydrogen-bond acceptors (Lipinski definition) is 11. The van der Waals surface area contributed by atoms with Crippen LogP contribution in [0.4, 0.5) is 39.3 Å². The third-order valence-electron chi connectivity index (χ3n) is 7.51. The maximum Gasteiger partial charge on any atom is 0.443 e. The molecule has 4 aromatic rings. The Bertz CT molecular complexity index is 1750. The highest BCUT2D eigenvalue weighted by atomic mass is 32.2. The van der Waals surface area contributed by atoms with Crippen LogP contribution in [0.1, 0.15) is 43.5 Å². The van der Waals surface area contributed by atoms with Crippen molar-refractivity contribution in [2.75, 3.05) is 17.2 Å². The largest absolute Gasteiger partial charge is 0.443 e. The molecule has 0 spiro atoms. The minimum Gasteiger partial charge on any atom is -0.382 e. The molecule has 6 rings (SSSR count). The van der Waals surface area contributed by atoms with Crippen LogP contribution >= 0.6 is 11.3 Å². The van der Waals surface area contributed by atoms with E-state index >= 15 is 0 Å². The lowest BCUT2D eigenvalue weighted by molar-refractivity contribution is -0.137. The van der Waals surface area contributed by atoms with E-state index < -0.39 is 32.9 Å². The van der Waals surface area contributed by atoms with Crippen LogP contribution in [0.3, 0.4) is 0 Å². The van der Waals surface area contributed by atoms with Gasteiger partial charge < -0.3 is 16.0 Å². The number of pyridine rings is 1. The van der Waals surface area contributed by atoms with E-state index in [0.717, 1.165) is 4.09 Å². The van der Waals surface area contributed by atoms with Crippen molar-refractivity contribution in [3.8, 4) is 22.6 Å². The van der Waals surface area contributed by atoms with Gasteiger partial charge in [0.1, 0.15) is 11.6 Å². The SMILES string of the molecule is O=S(=O)(C1CC1)n1cc(-c2nccc(Nc3cc(NC4CCC(NCC(F)F)CC4)c(-c4csc(C(F)(F)F)n4)cn3)n2)cn1. The minimum atomic E-state index is -4.58. The van der Waals surface area contributed by atoms with Crippen LogP contribution in [0.5, 0.6) is 0 Å². The summed E-state index contributed by atoms with van der Waals surface area (Å²) in [6.07, 6.45) is 2.47. The van der Waals surface area contributed by atoms with Gasteiger partial charge in [-0.1, -0.05) is 0 Å². The molecule has 0 aromatic carbocycles. The molecule has 4 aromatic heterocycles. The fourth-order valence-corrected chi connectivity index (χ4v) is 7.23. The molecule has 11 nitrogen and oxygen atoms in total. The summed E-state index contributed by atoms with van der Waals surface area (Å²) in [7, 11) is -3.56. The first kappa shape index (κ1) is 31.2. The summed E-state index contributed by atoms with van der Waals surface area (Å²) in [5.74, 6) is 0.894. The smallest absolute Gasteiger partial charge is 0.382 e. The number of alkyl halides is 5. The van der Waals surface area contributed by atoms with E-state index in [-0.39, 0.29) is 30.1 Å². The molecule has 45 heavy (non-hydrogen) atoms. The number of nitrogens with one attached hydrogen (secondary N) is 3. The predicted octanol–water partition coefficient (Wildman–Crippen LogP) is 5.54. The van der Waals surface area contributed by atoms with Gasteiger partial charge in [-0.15, -0.1) is 11.3 Å². The van der Waals surface area contributed by atoms with Crippen molar-refractivity contribution in [2.24, 2.45) is 0 Å². The molecule has 4 heterocycles. The van der Waals surface area contributed by atoms with Gasteiger partial charge in [-0.25, -0.2) is 37.1 Å². The van der Waals surface area contributed by atoms with E-state index in [9.17, 15) is 30.4 Å². The Kier molecular flexibility index (Phi) is 8.71. The number of nitrogens with zero attached hydrogens (tertiary/aromatic N) is 6. The molecule has 18 heteroatoms. The van der Waals surface area contributed by atoms with E-state index in [1.165, 1.54) is 30.2 Å². The summed E-state index contributed by atoms with van der Waals surface area (Å²) in [6, 6.07) is 3.14. The first-order valence-electron chi connectivity index (χ1n) is 14.2. The number of rotatable bonds is 11. The van der Waals surface area contributed by atoms with Gasteiger partial charge in [0.2, 0.25) is 0 Å². The second-order valence-corrected chi connectivity index (χ2v) is 13.8. The molecule has 240 valence electrons. The molecule has 0 saturated heterocycles. The van der Waals surface area contributed by atoms with E-state index in [2.05, 4.69) is 41.0 Å². The Morgan fingerprint density at radius 3 is 2.44 bits per heavy atom. The number of halogens is 5. The standard InChI is InChI=1S/C27H28F5N9O2S2/c28-22(29)12-34-16-1-3-17(4-2-16)37-20-9-24(35-11-19(20)21-14-44-26(38-21)27(30,31)32)39-23-7-8-33-25(40-23)15-10-36-41(13-15)45(42,43)18-5-6-18/h7-11,13-14,16-18,22,34H,1-6,12H2,(H2,33,35,37,39,40). The molecule has 3 N–H and O–H groups in total. The van der Waals surface area contributed by atoms with E-state index in [4.69, 9.17) is 0 Å². The van der Waals surface area contributed by atoms with Crippen LogP contribution in [-0.4, -0.2) is 67.8 Å². The number of anilines is 3. The average Bonchev–Trinajstić information content (AvgIpc) is 3.53. The Morgan fingerprint density at radius 1 is 1.00 bits per heavy atom. The van der Waals surface area contributed by atoms with E-state index in [1.807, 2.05) is 0 Å². The molecule has 0 atom stereocenters. The summed E-state index contributed by atoms with van der Waals surface area (Å²) < 4.78 is 91.1. The topological polar surface area (TPSA) is 140 Å². The second-order valence-electron chi connectivity index (χ2n) is 10.9. The van der Waals surface area contributed by atoms with Crippen molar-refractivity contribution in [2.45, 2.75) is 68.5 Å². The van der Waals surface area contributed by atoms with Gasteiger partial charge in [-0.3, -0.25) is 0 Å². The molecule has 0 bridgehead atoms. The molecule has 2 saturated carbocycles. The van der Waals surface area contributed by atoms with Crippen molar-refractivity contribution >= 4 is 38.7 Å². The normalized spacial score (nSPS) is 19.2. The first-order chi connectivity index (χ1) is 21.5. The van der Waals surface area contributed by atoms with E-state index in [0.29, 0.717) is 78.3 Å². The predicted molar refractivity (Wildman–Crippen MR) is 158 cm³/mol. The summed E-state index contributed by atoms with van der Waals surface area (Å²) in [4.78, 5) is 16.9. The Hall–Kier alpha value is -3.77. The lowest BCUT2D eigenvalue weighted by Crippen LogP contribution is -2.39. The van der Waals surface area contributed by atoms with Crippen LogP contribution < -0.4 is 16.0 Å². The summed E-state index contributed by atoms with van der Waals surface area (Å²) in [6.45, 7) is -0.371. The van der Waals surface area contributed by atoms with Crippen LogP contribution in [0, 0.1) is 0 Å². The third kappa shape index (κ3) is 7.38. The van der Waals surface area contributed by atoms with Crippen molar-refractivity contribution in [1.82, 2.24) is 34.4 Å². The second kappa shape index (κ2) is 12.6. The van der Waals surface area contributed by atoms with Gasteiger partial charge in [0.05, 0.1) is 35.4 Å². The quantitative estimate of drug-likeness (QED) is 0.175. The van der Waals surface area contributed by atoms with E-state index in [1.54, 1.807) is 12.1 Å². The number of aromatic nitrogens is 6. The molecule has 2 aliphatic carbocycles. The summed E-state index contributed by atoms with van der Waals surface area (Å²) >= 11 is 0.490. The number of thiazole rings is 1. The Morgan fingerprint density at radius 2 is 1.76 bits per heavy atom. The van der Waals surface area contributed by atoms with Crippen LogP contribution in [0.2, 0.25) is 0 Å². The Balaban J connectivity index is 1.22. The maximum absolute atomic E-state index is 13.3. The van der Waals surface area contributed by atoms with Crippen molar-refractivity contribution in [1.29, 1.82) is 0 Å². The number of hydrogen-bond donors (Lipinski definition) is 3. The zero-order valence-corrected chi connectivity index (χ0v) is 25.1. The maximum atomic E-state index is 13.3. The van der Waals surface area contributed by atoms with Gasteiger partial charge in [0, 0.05) is 47.2 Å².